The molecular formula is C16H22N6O3S. The molecule has 1 aromatic heterocycles. The fraction of sp³-hybridized carbons (Fsp3) is 0.438. The number of anilines is 1. The van der Waals surface area contributed by atoms with E-state index < -0.39 is 10.0 Å². The van der Waals surface area contributed by atoms with Crippen molar-refractivity contribution in [3.05, 3.63) is 35.7 Å². The Morgan fingerprint density at radius 3 is 2.50 bits per heavy atom. The van der Waals surface area contributed by atoms with Crippen LogP contribution < -0.4 is 15.4 Å². The number of aromatic nitrogens is 3. The lowest BCUT2D eigenvalue weighted by molar-refractivity contribution is 0.102. The van der Waals surface area contributed by atoms with Gasteiger partial charge >= 0.3 is 0 Å². The van der Waals surface area contributed by atoms with Crippen LogP contribution in [0.1, 0.15) is 34.9 Å². The number of amides is 1. The first-order chi connectivity index (χ1) is 12.4. The second kappa shape index (κ2) is 7.52. The molecule has 2 aromatic rings. The predicted molar refractivity (Wildman–Crippen MR) is 96.5 cm³/mol. The molecule has 2 heterocycles. The molecule has 0 radical (unpaired) electrons. The summed E-state index contributed by atoms with van der Waals surface area (Å²) in [5, 5.41) is 10.4. The lowest BCUT2D eigenvalue weighted by Crippen LogP contribution is -2.27. The van der Waals surface area contributed by atoms with E-state index in [4.69, 9.17) is 0 Å². The molecule has 1 aliphatic heterocycles. The largest absolute Gasteiger partial charge is 0.317 e. The van der Waals surface area contributed by atoms with Gasteiger partial charge in [-0.1, -0.05) is 0 Å². The Bertz CT molecular complexity index is 885. The molecule has 0 aliphatic carbocycles. The SMILES string of the molecule is CNS(=O)(=O)c1ccc(C(=O)Nc2nc(C3CCNCC3)nn2C)cc1. The predicted octanol–water partition coefficient (Wildman–Crippen LogP) is 0.442. The number of hydrogen-bond donors (Lipinski definition) is 3. The third-order valence-electron chi connectivity index (χ3n) is 4.40. The Morgan fingerprint density at radius 1 is 1.23 bits per heavy atom. The molecule has 1 aliphatic rings. The summed E-state index contributed by atoms with van der Waals surface area (Å²) in [5.41, 5.74) is 0.339. The zero-order chi connectivity index (χ0) is 18.7. The van der Waals surface area contributed by atoms with E-state index >= 15 is 0 Å². The Hall–Kier alpha value is -2.30. The van der Waals surface area contributed by atoms with E-state index in [2.05, 4.69) is 25.4 Å². The van der Waals surface area contributed by atoms with Crippen molar-refractivity contribution in [2.45, 2.75) is 23.7 Å². The van der Waals surface area contributed by atoms with Crippen LogP contribution in [0, 0.1) is 0 Å². The maximum Gasteiger partial charge on any atom is 0.258 e. The number of hydrogen-bond acceptors (Lipinski definition) is 6. The molecule has 0 unspecified atom stereocenters. The molecule has 0 atom stereocenters. The molecule has 0 spiro atoms. The van der Waals surface area contributed by atoms with Gasteiger partial charge in [-0.25, -0.2) is 17.8 Å². The maximum absolute atomic E-state index is 12.4. The van der Waals surface area contributed by atoms with Gasteiger partial charge in [0.2, 0.25) is 16.0 Å². The zero-order valence-electron chi connectivity index (χ0n) is 14.7. The minimum Gasteiger partial charge on any atom is -0.317 e. The summed E-state index contributed by atoms with van der Waals surface area (Å²) in [6, 6.07) is 5.70. The molecule has 10 heteroatoms. The van der Waals surface area contributed by atoms with Crippen LogP contribution in [0.2, 0.25) is 0 Å². The average molecular weight is 378 g/mol. The molecule has 140 valence electrons. The summed E-state index contributed by atoms with van der Waals surface area (Å²) in [7, 11) is -0.459. The van der Waals surface area contributed by atoms with E-state index in [-0.39, 0.29) is 10.8 Å². The van der Waals surface area contributed by atoms with Crippen LogP contribution >= 0.6 is 0 Å². The van der Waals surface area contributed by atoms with Crippen molar-refractivity contribution in [3.8, 4) is 0 Å². The van der Waals surface area contributed by atoms with Crippen molar-refractivity contribution in [2.75, 3.05) is 25.5 Å². The van der Waals surface area contributed by atoms with Crippen LogP contribution in [-0.2, 0) is 17.1 Å². The van der Waals surface area contributed by atoms with Crippen LogP contribution in [-0.4, -0.2) is 49.2 Å². The van der Waals surface area contributed by atoms with E-state index in [1.807, 2.05) is 0 Å². The zero-order valence-corrected chi connectivity index (χ0v) is 15.5. The number of carbonyl (C=O) groups is 1. The minimum absolute atomic E-state index is 0.100. The van der Waals surface area contributed by atoms with Crippen molar-refractivity contribution in [1.82, 2.24) is 24.8 Å². The summed E-state index contributed by atoms with van der Waals surface area (Å²) in [6.07, 6.45) is 1.94. The topological polar surface area (TPSA) is 118 Å². The highest BCUT2D eigenvalue weighted by Crippen LogP contribution is 2.23. The van der Waals surface area contributed by atoms with Crippen LogP contribution in [0.15, 0.2) is 29.2 Å². The first-order valence-electron chi connectivity index (χ1n) is 8.37. The highest BCUT2D eigenvalue weighted by molar-refractivity contribution is 7.89. The average Bonchev–Trinajstić information content (AvgIpc) is 3.03. The van der Waals surface area contributed by atoms with Crippen LogP contribution in [0.5, 0.6) is 0 Å². The van der Waals surface area contributed by atoms with E-state index in [1.165, 1.54) is 31.3 Å². The summed E-state index contributed by atoms with van der Waals surface area (Å²) < 4.78 is 27.2. The Balaban J connectivity index is 1.73. The number of rotatable bonds is 5. The van der Waals surface area contributed by atoms with Crippen molar-refractivity contribution < 1.29 is 13.2 Å². The maximum atomic E-state index is 12.4. The summed E-state index contributed by atoms with van der Waals surface area (Å²) in [6.45, 7) is 1.87. The molecule has 26 heavy (non-hydrogen) atoms. The van der Waals surface area contributed by atoms with E-state index in [0.29, 0.717) is 17.4 Å². The lowest BCUT2D eigenvalue weighted by Gasteiger charge is -2.19. The second-order valence-electron chi connectivity index (χ2n) is 6.13. The molecule has 0 saturated carbocycles. The highest BCUT2D eigenvalue weighted by atomic mass is 32.2. The minimum atomic E-state index is -3.53. The van der Waals surface area contributed by atoms with Gasteiger partial charge in [0.25, 0.3) is 5.91 Å². The first-order valence-corrected chi connectivity index (χ1v) is 9.85. The number of aryl methyl sites for hydroxylation is 1. The Kier molecular flexibility index (Phi) is 5.35. The standard InChI is InChI=1S/C16H22N6O3S/c1-17-26(24,25)13-5-3-12(4-6-13)15(23)20-16-19-14(21-22(16)2)11-7-9-18-10-8-11/h3-6,11,17-18H,7-10H2,1-2H3,(H,19,20,21,23). The third-order valence-corrected chi connectivity index (χ3v) is 5.83. The van der Waals surface area contributed by atoms with E-state index in [1.54, 1.807) is 11.7 Å². The van der Waals surface area contributed by atoms with Crippen molar-refractivity contribution in [2.24, 2.45) is 7.05 Å². The van der Waals surface area contributed by atoms with Gasteiger partial charge in [0.05, 0.1) is 4.90 Å². The summed E-state index contributed by atoms with van der Waals surface area (Å²) in [5.74, 6) is 1.03. The first kappa shape index (κ1) is 18.5. The monoisotopic (exact) mass is 378 g/mol. The summed E-state index contributed by atoms with van der Waals surface area (Å²) >= 11 is 0. The lowest BCUT2D eigenvalue weighted by atomic mass is 9.98. The van der Waals surface area contributed by atoms with Gasteiger partial charge < -0.3 is 5.32 Å². The highest BCUT2D eigenvalue weighted by Gasteiger charge is 2.21. The number of sulfonamides is 1. The smallest absolute Gasteiger partial charge is 0.258 e. The molecule has 1 saturated heterocycles. The molecular weight excluding hydrogens is 356 g/mol. The number of piperidine rings is 1. The van der Waals surface area contributed by atoms with Gasteiger partial charge in [-0.15, -0.1) is 0 Å². The number of nitrogens with one attached hydrogen (secondary N) is 3. The van der Waals surface area contributed by atoms with Crippen molar-refractivity contribution >= 4 is 21.9 Å². The second-order valence-corrected chi connectivity index (χ2v) is 8.01. The van der Waals surface area contributed by atoms with Gasteiger partial charge in [0.1, 0.15) is 0 Å². The van der Waals surface area contributed by atoms with Gasteiger partial charge in [-0.2, -0.15) is 10.1 Å². The molecule has 3 N–H and O–H groups in total. The molecule has 3 rings (SSSR count). The van der Waals surface area contributed by atoms with Gasteiger partial charge in [-0.3, -0.25) is 10.1 Å². The molecule has 1 fully saturated rings. The number of carbonyl (C=O) groups excluding carboxylic acids is 1. The van der Waals surface area contributed by atoms with Gasteiger partial charge in [0.15, 0.2) is 5.82 Å². The third kappa shape index (κ3) is 3.92. The number of benzene rings is 1. The fourth-order valence-corrected chi connectivity index (χ4v) is 3.57. The molecule has 1 aromatic carbocycles. The quantitative estimate of drug-likeness (QED) is 0.695. The van der Waals surface area contributed by atoms with Gasteiger partial charge in [-0.05, 0) is 57.2 Å². The Labute approximate surface area is 152 Å². The van der Waals surface area contributed by atoms with Crippen LogP contribution in [0.3, 0.4) is 0 Å². The normalized spacial score (nSPS) is 15.8. The van der Waals surface area contributed by atoms with E-state index in [9.17, 15) is 13.2 Å². The van der Waals surface area contributed by atoms with Crippen molar-refractivity contribution in [3.63, 3.8) is 0 Å². The van der Waals surface area contributed by atoms with Crippen LogP contribution in [0.4, 0.5) is 5.95 Å². The molecule has 0 bridgehead atoms. The Morgan fingerprint density at radius 2 is 1.88 bits per heavy atom. The fourth-order valence-electron chi connectivity index (χ4n) is 2.84. The van der Waals surface area contributed by atoms with Crippen LogP contribution in [0.25, 0.3) is 0 Å². The molecule has 9 nitrogen and oxygen atoms in total. The van der Waals surface area contributed by atoms with Crippen molar-refractivity contribution in [1.29, 1.82) is 0 Å². The number of nitrogens with zero attached hydrogens (tertiary/aromatic N) is 3. The molecule has 1 amide bonds. The van der Waals surface area contributed by atoms with E-state index in [0.717, 1.165) is 31.8 Å². The summed E-state index contributed by atoms with van der Waals surface area (Å²) in [4.78, 5) is 17.0. The van der Waals surface area contributed by atoms with Gasteiger partial charge in [0, 0.05) is 18.5 Å².